The number of hydrogen-bond donors (Lipinski definition) is 1. The summed E-state index contributed by atoms with van der Waals surface area (Å²) in [6, 6.07) is 40.9. The molecule has 42 heavy (non-hydrogen) atoms. The Morgan fingerprint density at radius 1 is 0.524 bits per heavy atom. The molecule has 1 heterocycles. The number of carbonyl (C=O) groups is 3. The van der Waals surface area contributed by atoms with Crippen molar-refractivity contribution in [1.82, 2.24) is 0 Å². The van der Waals surface area contributed by atoms with E-state index in [4.69, 9.17) is 0 Å². The van der Waals surface area contributed by atoms with Gasteiger partial charge in [-0.05, 0) is 69.8 Å². The molecule has 0 saturated carbocycles. The molecule has 0 spiro atoms. The molecule has 1 aliphatic heterocycles. The molecule has 0 aromatic heterocycles. The van der Waals surface area contributed by atoms with Crippen LogP contribution in [-0.2, 0) is 9.59 Å². The van der Waals surface area contributed by atoms with Gasteiger partial charge in [-0.25, -0.2) is 4.90 Å². The molecule has 5 aromatic rings. The summed E-state index contributed by atoms with van der Waals surface area (Å²) in [5.74, 6) is -1.42. The van der Waals surface area contributed by atoms with Gasteiger partial charge in [-0.2, -0.15) is 0 Å². The first-order valence-corrected chi connectivity index (χ1v) is 14.2. The summed E-state index contributed by atoms with van der Waals surface area (Å²) >= 11 is 0. The van der Waals surface area contributed by atoms with Crippen molar-refractivity contribution in [2.75, 3.05) is 10.2 Å². The fourth-order valence-corrected chi connectivity index (χ4v) is 7.27. The van der Waals surface area contributed by atoms with Crippen LogP contribution >= 0.6 is 0 Å². The van der Waals surface area contributed by atoms with Gasteiger partial charge in [0.15, 0.2) is 0 Å². The zero-order valence-corrected chi connectivity index (χ0v) is 22.6. The molecular weight excluding hydrogens is 520 g/mol. The molecule has 5 heteroatoms. The molecule has 1 N–H and O–H groups in total. The van der Waals surface area contributed by atoms with E-state index in [1.807, 2.05) is 91.0 Å². The second-order valence-electron chi connectivity index (χ2n) is 11.2. The molecule has 1 fully saturated rings. The maximum Gasteiger partial charge on any atom is 0.255 e. The number of anilines is 2. The number of rotatable bonds is 4. The Kier molecular flexibility index (Phi) is 5.47. The first-order valence-electron chi connectivity index (χ1n) is 14.2. The molecular formula is C37H26N2O3. The van der Waals surface area contributed by atoms with Gasteiger partial charge in [0.1, 0.15) is 0 Å². The number of benzene rings is 5. The van der Waals surface area contributed by atoms with Gasteiger partial charge in [0.05, 0.1) is 17.5 Å². The minimum absolute atomic E-state index is 0.115. The van der Waals surface area contributed by atoms with E-state index in [-0.39, 0.29) is 29.6 Å². The van der Waals surface area contributed by atoms with Crippen LogP contribution in [0.4, 0.5) is 11.4 Å². The average Bonchev–Trinajstić information content (AvgIpc) is 3.31. The summed E-state index contributed by atoms with van der Waals surface area (Å²) in [4.78, 5) is 41.9. The maximum atomic E-state index is 14.0. The lowest BCUT2D eigenvalue weighted by molar-refractivity contribution is -0.122. The van der Waals surface area contributed by atoms with Gasteiger partial charge < -0.3 is 5.32 Å². The number of imide groups is 1. The van der Waals surface area contributed by atoms with Crippen molar-refractivity contribution in [3.63, 3.8) is 0 Å². The van der Waals surface area contributed by atoms with Crippen LogP contribution in [0.3, 0.4) is 0 Å². The summed E-state index contributed by atoms with van der Waals surface area (Å²) in [6.07, 6.45) is 0. The van der Waals surface area contributed by atoms with E-state index in [1.165, 1.54) is 27.2 Å². The largest absolute Gasteiger partial charge is 0.322 e. The predicted molar refractivity (Wildman–Crippen MR) is 162 cm³/mol. The minimum atomic E-state index is -0.398. The van der Waals surface area contributed by atoms with Crippen LogP contribution in [0.2, 0.25) is 0 Å². The van der Waals surface area contributed by atoms with E-state index in [2.05, 4.69) is 29.6 Å². The molecule has 5 aromatic carbocycles. The molecule has 202 valence electrons. The van der Waals surface area contributed by atoms with E-state index in [0.29, 0.717) is 16.9 Å². The highest BCUT2D eigenvalue weighted by Gasteiger charge is 2.61. The van der Waals surface area contributed by atoms with Crippen molar-refractivity contribution < 1.29 is 14.4 Å². The Labute approximate surface area is 243 Å². The molecule has 0 unspecified atom stereocenters. The van der Waals surface area contributed by atoms with Crippen molar-refractivity contribution in [1.29, 1.82) is 0 Å². The van der Waals surface area contributed by atoms with Crippen LogP contribution in [0.15, 0.2) is 127 Å². The quantitative estimate of drug-likeness (QED) is 0.247. The van der Waals surface area contributed by atoms with Crippen molar-refractivity contribution in [3.05, 3.63) is 155 Å². The van der Waals surface area contributed by atoms with E-state index in [0.717, 1.165) is 11.1 Å². The molecule has 2 atom stereocenters. The smallest absolute Gasteiger partial charge is 0.255 e. The molecule has 1 saturated heterocycles. The Morgan fingerprint density at radius 3 is 1.43 bits per heavy atom. The van der Waals surface area contributed by atoms with E-state index < -0.39 is 11.8 Å². The molecule has 9 rings (SSSR count). The average molecular weight is 547 g/mol. The summed E-state index contributed by atoms with van der Waals surface area (Å²) < 4.78 is 0. The lowest BCUT2D eigenvalue weighted by atomic mass is 9.55. The Balaban J connectivity index is 1.06. The van der Waals surface area contributed by atoms with Crippen molar-refractivity contribution in [2.24, 2.45) is 11.8 Å². The number of nitrogens with zero attached hydrogens (tertiary/aromatic N) is 1. The summed E-state index contributed by atoms with van der Waals surface area (Å²) in [6.45, 7) is 0. The highest BCUT2D eigenvalue weighted by molar-refractivity contribution is 6.23. The van der Waals surface area contributed by atoms with Gasteiger partial charge in [-0.3, -0.25) is 14.4 Å². The summed E-state index contributed by atoms with van der Waals surface area (Å²) in [5.41, 5.74) is 8.51. The Bertz CT molecular complexity index is 1760. The highest BCUT2D eigenvalue weighted by Crippen LogP contribution is 2.61. The van der Waals surface area contributed by atoms with E-state index >= 15 is 0 Å². The van der Waals surface area contributed by atoms with Gasteiger partial charge in [0, 0.05) is 23.1 Å². The number of nitrogens with one attached hydrogen (secondary N) is 1. The number of carbonyl (C=O) groups excluding carboxylic acids is 3. The van der Waals surface area contributed by atoms with Crippen LogP contribution in [0.25, 0.3) is 11.1 Å². The Hall–Kier alpha value is -5.29. The van der Waals surface area contributed by atoms with Crippen molar-refractivity contribution in [2.45, 2.75) is 11.8 Å². The van der Waals surface area contributed by atoms with Gasteiger partial charge in [-0.15, -0.1) is 0 Å². The van der Waals surface area contributed by atoms with Gasteiger partial charge in [-0.1, -0.05) is 91.0 Å². The van der Waals surface area contributed by atoms with Crippen LogP contribution in [0.5, 0.6) is 0 Å². The molecule has 0 radical (unpaired) electrons. The Morgan fingerprint density at radius 2 is 0.952 bits per heavy atom. The molecule has 5 nitrogen and oxygen atoms in total. The fourth-order valence-electron chi connectivity index (χ4n) is 7.27. The summed E-state index contributed by atoms with van der Waals surface area (Å²) in [7, 11) is 0. The second-order valence-corrected chi connectivity index (χ2v) is 11.2. The van der Waals surface area contributed by atoms with Crippen LogP contribution in [0.1, 0.15) is 44.4 Å². The standard InChI is InChI=1S/C37H26N2O3/c40-35(24-8-2-1-3-9-24)38-25-18-14-22(15-19-25)23-16-20-26(21-17-23)39-36(41)33-31-27-10-4-5-11-28(27)32(34(33)37(39)42)30-13-7-6-12-29(30)31/h1-21,31-34H,(H,38,40)/t31?,32?,33-,34-/m0/s1. The van der Waals surface area contributed by atoms with E-state index in [9.17, 15) is 14.4 Å². The third-order valence-electron chi connectivity index (χ3n) is 9.09. The minimum Gasteiger partial charge on any atom is -0.322 e. The van der Waals surface area contributed by atoms with Crippen LogP contribution < -0.4 is 10.2 Å². The SMILES string of the molecule is O=C(Nc1ccc(-c2ccc(N3C(=O)[C@H]4C5c6ccccc6C(c6ccccc65)[C@@H]4C3=O)cc2)cc1)c1ccccc1. The number of hydrogen-bond acceptors (Lipinski definition) is 3. The monoisotopic (exact) mass is 546 g/mol. The van der Waals surface area contributed by atoms with Crippen molar-refractivity contribution in [3.8, 4) is 11.1 Å². The van der Waals surface area contributed by atoms with Gasteiger partial charge in [0.2, 0.25) is 11.8 Å². The first kappa shape index (κ1) is 24.5. The lowest BCUT2D eigenvalue weighted by Gasteiger charge is -2.45. The van der Waals surface area contributed by atoms with Crippen LogP contribution in [-0.4, -0.2) is 17.7 Å². The molecule has 3 amide bonds. The van der Waals surface area contributed by atoms with Gasteiger partial charge in [0.25, 0.3) is 5.91 Å². The number of amides is 3. The van der Waals surface area contributed by atoms with Gasteiger partial charge >= 0.3 is 0 Å². The normalized spacial score (nSPS) is 21.5. The summed E-state index contributed by atoms with van der Waals surface area (Å²) in [5, 5.41) is 2.92. The second kappa shape index (κ2) is 9.38. The molecule has 4 aliphatic rings. The molecule has 2 bridgehead atoms. The van der Waals surface area contributed by atoms with E-state index in [1.54, 1.807) is 12.1 Å². The third-order valence-corrected chi connectivity index (χ3v) is 9.09. The van der Waals surface area contributed by atoms with Crippen molar-refractivity contribution >= 4 is 29.1 Å². The molecule has 3 aliphatic carbocycles. The highest BCUT2D eigenvalue weighted by atomic mass is 16.2. The zero-order chi connectivity index (χ0) is 28.4. The topological polar surface area (TPSA) is 66.5 Å². The lowest BCUT2D eigenvalue weighted by Crippen LogP contribution is -2.41. The fraction of sp³-hybridized carbons (Fsp3) is 0.108. The predicted octanol–water partition coefficient (Wildman–Crippen LogP) is 7.00. The van der Waals surface area contributed by atoms with Crippen LogP contribution in [0, 0.1) is 11.8 Å². The maximum absolute atomic E-state index is 14.0. The first-order chi connectivity index (χ1) is 20.6. The zero-order valence-electron chi connectivity index (χ0n) is 22.6. The third kappa shape index (κ3) is 3.60.